The maximum atomic E-state index is 9.35. The maximum Gasteiger partial charge on any atom is 0.0501 e. The van der Waals surface area contributed by atoms with Crippen LogP contribution < -0.4 is 0 Å². The van der Waals surface area contributed by atoms with Crippen LogP contribution in [0, 0.1) is 0 Å². The molecule has 90 valence electrons. The Bertz CT molecular complexity index is 302. The van der Waals surface area contributed by atoms with E-state index in [1.54, 1.807) is 0 Å². The van der Waals surface area contributed by atoms with Crippen LogP contribution in [-0.2, 0) is 4.74 Å². The number of aliphatic hydroxyl groups excluding tert-OH is 1. The van der Waals surface area contributed by atoms with Crippen LogP contribution in [-0.4, -0.2) is 24.9 Å². The molecule has 0 aliphatic heterocycles. The zero-order valence-electron chi connectivity index (χ0n) is 9.66. The van der Waals surface area contributed by atoms with Crippen LogP contribution in [0.3, 0.4) is 0 Å². The van der Waals surface area contributed by atoms with Crippen molar-refractivity contribution < 1.29 is 9.84 Å². The van der Waals surface area contributed by atoms with E-state index in [1.807, 2.05) is 24.3 Å². The Balaban J connectivity index is 2.51. The van der Waals surface area contributed by atoms with Crippen LogP contribution in [0.5, 0.6) is 0 Å². The lowest BCUT2D eigenvalue weighted by Gasteiger charge is -2.15. The summed E-state index contributed by atoms with van der Waals surface area (Å²) in [6.07, 6.45) is 1.83. The Morgan fingerprint density at radius 3 is 2.69 bits per heavy atom. The van der Waals surface area contributed by atoms with Gasteiger partial charge in [-0.3, -0.25) is 0 Å². The molecule has 3 heteroatoms. The van der Waals surface area contributed by atoms with Crippen LogP contribution in [0.2, 0.25) is 5.02 Å². The van der Waals surface area contributed by atoms with E-state index in [2.05, 4.69) is 6.92 Å². The Hall–Kier alpha value is -0.570. The van der Waals surface area contributed by atoms with Gasteiger partial charge in [0.05, 0.1) is 6.61 Å². The molecule has 0 aromatic heterocycles. The second-order valence-electron chi connectivity index (χ2n) is 3.80. The van der Waals surface area contributed by atoms with E-state index in [4.69, 9.17) is 16.3 Å². The van der Waals surface area contributed by atoms with Gasteiger partial charge in [0, 0.05) is 24.2 Å². The highest BCUT2D eigenvalue weighted by atomic mass is 35.5. The maximum absolute atomic E-state index is 9.35. The zero-order chi connectivity index (χ0) is 11.8. The fourth-order valence-corrected chi connectivity index (χ4v) is 1.91. The molecule has 0 aliphatic rings. The fourth-order valence-electron chi connectivity index (χ4n) is 1.62. The van der Waals surface area contributed by atoms with Crippen molar-refractivity contribution in [3.8, 4) is 0 Å². The van der Waals surface area contributed by atoms with Gasteiger partial charge in [-0.05, 0) is 24.5 Å². The molecular formula is C13H19ClO2. The van der Waals surface area contributed by atoms with Gasteiger partial charge in [-0.1, -0.05) is 36.7 Å². The van der Waals surface area contributed by atoms with E-state index in [-0.39, 0.29) is 12.5 Å². The molecule has 0 bridgehead atoms. The largest absolute Gasteiger partial charge is 0.396 e. The normalized spacial score (nSPS) is 12.7. The van der Waals surface area contributed by atoms with Gasteiger partial charge in [-0.15, -0.1) is 0 Å². The van der Waals surface area contributed by atoms with E-state index in [9.17, 15) is 5.11 Å². The first-order valence-electron chi connectivity index (χ1n) is 5.72. The molecule has 1 rings (SSSR count). The summed E-state index contributed by atoms with van der Waals surface area (Å²) in [6.45, 7) is 3.64. The molecule has 0 amide bonds. The van der Waals surface area contributed by atoms with Crippen LogP contribution in [0.1, 0.15) is 31.2 Å². The Morgan fingerprint density at radius 2 is 2.06 bits per heavy atom. The van der Waals surface area contributed by atoms with Gasteiger partial charge in [0.25, 0.3) is 0 Å². The number of aliphatic hydroxyl groups is 1. The number of hydrogen-bond donors (Lipinski definition) is 1. The molecule has 0 saturated heterocycles. The quantitative estimate of drug-likeness (QED) is 0.744. The third-order valence-electron chi connectivity index (χ3n) is 2.52. The summed E-state index contributed by atoms with van der Waals surface area (Å²) in [5.74, 6) is 0.0746. The minimum Gasteiger partial charge on any atom is -0.396 e. The lowest BCUT2D eigenvalue weighted by Crippen LogP contribution is -2.09. The smallest absolute Gasteiger partial charge is 0.0501 e. The van der Waals surface area contributed by atoms with E-state index < -0.39 is 0 Å². The van der Waals surface area contributed by atoms with E-state index in [0.717, 1.165) is 30.0 Å². The SMILES string of the molecule is CCCOCCC(CO)c1ccccc1Cl. The molecule has 1 unspecified atom stereocenters. The van der Waals surface area contributed by atoms with Crippen molar-refractivity contribution in [3.05, 3.63) is 34.9 Å². The van der Waals surface area contributed by atoms with Gasteiger partial charge in [-0.2, -0.15) is 0 Å². The van der Waals surface area contributed by atoms with Crippen molar-refractivity contribution in [3.63, 3.8) is 0 Å². The fraction of sp³-hybridized carbons (Fsp3) is 0.538. The number of hydrogen-bond acceptors (Lipinski definition) is 2. The Morgan fingerprint density at radius 1 is 1.31 bits per heavy atom. The molecule has 0 aliphatic carbocycles. The molecule has 1 aromatic carbocycles. The Labute approximate surface area is 102 Å². The molecule has 2 nitrogen and oxygen atoms in total. The van der Waals surface area contributed by atoms with Gasteiger partial charge in [0.1, 0.15) is 0 Å². The Kier molecular flexibility index (Phi) is 6.46. The molecular weight excluding hydrogens is 224 g/mol. The second-order valence-corrected chi connectivity index (χ2v) is 4.21. The minimum atomic E-state index is 0.0746. The van der Waals surface area contributed by atoms with Gasteiger partial charge >= 0.3 is 0 Å². The number of ether oxygens (including phenoxy) is 1. The first kappa shape index (κ1) is 13.5. The predicted octanol–water partition coefficient (Wildman–Crippen LogP) is 3.23. The molecule has 0 fully saturated rings. The van der Waals surface area contributed by atoms with Crippen molar-refractivity contribution in [2.45, 2.75) is 25.7 Å². The van der Waals surface area contributed by atoms with Crippen molar-refractivity contribution >= 4 is 11.6 Å². The van der Waals surface area contributed by atoms with Crippen LogP contribution in [0.25, 0.3) is 0 Å². The summed E-state index contributed by atoms with van der Waals surface area (Å²) in [5.41, 5.74) is 1.01. The lowest BCUT2D eigenvalue weighted by molar-refractivity contribution is 0.119. The molecule has 0 spiro atoms. The first-order chi connectivity index (χ1) is 7.79. The highest BCUT2D eigenvalue weighted by Gasteiger charge is 2.13. The van der Waals surface area contributed by atoms with E-state index in [0.29, 0.717) is 6.61 Å². The monoisotopic (exact) mass is 242 g/mol. The van der Waals surface area contributed by atoms with Gasteiger partial charge in [-0.25, -0.2) is 0 Å². The lowest BCUT2D eigenvalue weighted by atomic mass is 9.97. The molecule has 1 atom stereocenters. The number of halogens is 1. The van der Waals surface area contributed by atoms with Gasteiger partial charge < -0.3 is 9.84 Å². The third kappa shape index (κ3) is 4.12. The minimum absolute atomic E-state index is 0.0746. The van der Waals surface area contributed by atoms with Gasteiger partial charge in [0.15, 0.2) is 0 Å². The second kappa shape index (κ2) is 7.66. The van der Waals surface area contributed by atoms with Crippen LogP contribution >= 0.6 is 11.6 Å². The summed E-state index contributed by atoms with van der Waals surface area (Å²) >= 11 is 6.09. The van der Waals surface area contributed by atoms with Crippen molar-refractivity contribution in [2.24, 2.45) is 0 Å². The number of rotatable bonds is 7. The molecule has 1 N–H and O–H groups in total. The van der Waals surface area contributed by atoms with Crippen molar-refractivity contribution in [1.82, 2.24) is 0 Å². The molecule has 0 saturated carbocycles. The highest BCUT2D eigenvalue weighted by molar-refractivity contribution is 6.31. The van der Waals surface area contributed by atoms with Crippen molar-refractivity contribution in [2.75, 3.05) is 19.8 Å². The average Bonchev–Trinajstić information content (AvgIpc) is 2.31. The summed E-state index contributed by atoms with van der Waals surface area (Å²) in [5, 5.41) is 10.1. The molecule has 0 radical (unpaired) electrons. The summed E-state index contributed by atoms with van der Waals surface area (Å²) in [6, 6.07) is 7.65. The average molecular weight is 243 g/mol. The molecule has 0 heterocycles. The molecule has 16 heavy (non-hydrogen) atoms. The highest BCUT2D eigenvalue weighted by Crippen LogP contribution is 2.26. The predicted molar refractivity (Wildman–Crippen MR) is 67.0 cm³/mol. The van der Waals surface area contributed by atoms with Crippen LogP contribution in [0.4, 0.5) is 0 Å². The van der Waals surface area contributed by atoms with E-state index in [1.165, 1.54) is 0 Å². The van der Waals surface area contributed by atoms with Crippen LogP contribution in [0.15, 0.2) is 24.3 Å². The standard InChI is InChI=1S/C13H19ClO2/c1-2-8-16-9-7-11(10-15)12-5-3-4-6-13(12)14/h3-6,11,15H,2,7-10H2,1H3. The first-order valence-corrected chi connectivity index (χ1v) is 6.10. The molecule has 1 aromatic rings. The summed E-state index contributed by atoms with van der Waals surface area (Å²) in [4.78, 5) is 0. The third-order valence-corrected chi connectivity index (χ3v) is 2.87. The van der Waals surface area contributed by atoms with E-state index >= 15 is 0 Å². The van der Waals surface area contributed by atoms with Gasteiger partial charge in [0.2, 0.25) is 0 Å². The zero-order valence-corrected chi connectivity index (χ0v) is 10.4. The topological polar surface area (TPSA) is 29.5 Å². The van der Waals surface area contributed by atoms with Crippen molar-refractivity contribution in [1.29, 1.82) is 0 Å². The summed E-state index contributed by atoms with van der Waals surface area (Å²) < 4.78 is 5.42. The summed E-state index contributed by atoms with van der Waals surface area (Å²) in [7, 11) is 0. The number of benzene rings is 1.